The number of ether oxygens (including phenoxy) is 2. The van der Waals surface area contributed by atoms with Crippen LogP contribution in [0, 0.1) is 0 Å². The van der Waals surface area contributed by atoms with E-state index >= 15 is 0 Å². The first kappa shape index (κ1) is 43.4. The van der Waals surface area contributed by atoms with E-state index in [-0.39, 0.29) is 24.2 Å². The summed E-state index contributed by atoms with van der Waals surface area (Å²) in [6.07, 6.45) is 18.7. The largest absolute Gasteiger partial charge is 0.444 e. The molecule has 3 fully saturated rings. The molecule has 1 aromatic carbocycles. The number of likely N-dealkylation sites (tertiary alicyclic amines) is 1. The van der Waals surface area contributed by atoms with Crippen molar-refractivity contribution < 1.29 is 23.9 Å². The van der Waals surface area contributed by atoms with Gasteiger partial charge in [-0.2, -0.15) is 0 Å². The Morgan fingerprint density at radius 2 is 1.74 bits per heavy atom. The molecule has 3 amide bonds. The first-order valence-corrected chi connectivity index (χ1v) is 21.7. The van der Waals surface area contributed by atoms with Crippen LogP contribution >= 0.6 is 11.6 Å². The third-order valence-corrected chi connectivity index (χ3v) is 12.0. The number of hydrogen-bond acceptors (Lipinski definition) is 9. The van der Waals surface area contributed by atoms with Gasteiger partial charge < -0.3 is 40.2 Å². The zero-order chi connectivity index (χ0) is 41.0. The van der Waals surface area contributed by atoms with Crippen LogP contribution in [0.4, 0.5) is 10.6 Å². The van der Waals surface area contributed by atoms with Crippen LogP contribution in [0.3, 0.4) is 0 Å². The summed E-state index contributed by atoms with van der Waals surface area (Å²) in [5.74, 6) is 0.553. The number of aromatic amines is 1. The van der Waals surface area contributed by atoms with Crippen molar-refractivity contribution in [2.75, 3.05) is 44.2 Å². The summed E-state index contributed by atoms with van der Waals surface area (Å²) in [6, 6.07) is 9.26. The van der Waals surface area contributed by atoms with Gasteiger partial charge in [0.25, 0.3) is 0 Å². The number of piperidine rings is 2. The lowest BCUT2D eigenvalue weighted by Gasteiger charge is -2.42. The van der Waals surface area contributed by atoms with Crippen LogP contribution in [0.25, 0.3) is 11.0 Å². The molecule has 1 aliphatic carbocycles. The van der Waals surface area contributed by atoms with E-state index in [1.165, 1.54) is 38.4 Å². The predicted molar refractivity (Wildman–Crippen MR) is 228 cm³/mol. The average molecular weight is 819 g/mol. The van der Waals surface area contributed by atoms with Crippen molar-refractivity contribution in [1.29, 1.82) is 0 Å². The monoisotopic (exact) mass is 818 g/mol. The Balaban J connectivity index is 1.09. The summed E-state index contributed by atoms with van der Waals surface area (Å²) in [4.78, 5) is 55.6. The van der Waals surface area contributed by atoms with Gasteiger partial charge in [0.2, 0.25) is 12.3 Å². The fourth-order valence-corrected chi connectivity index (χ4v) is 8.68. The number of carbonyl (C=O) groups is 3. The lowest BCUT2D eigenvalue weighted by Crippen LogP contribution is -2.64. The number of anilines is 1. The molecule has 0 radical (unpaired) electrons. The van der Waals surface area contributed by atoms with Crippen LogP contribution in [-0.4, -0.2) is 101 Å². The third-order valence-electron chi connectivity index (χ3n) is 11.8. The number of aromatic nitrogens is 3. The van der Waals surface area contributed by atoms with Crippen LogP contribution in [0.2, 0.25) is 5.02 Å². The van der Waals surface area contributed by atoms with Crippen molar-refractivity contribution in [3.63, 3.8) is 0 Å². The van der Waals surface area contributed by atoms with Gasteiger partial charge in [-0.3, -0.25) is 9.59 Å². The molecule has 2 saturated heterocycles. The summed E-state index contributed by atoms with van der Waals surface area (Å²) in [5.41, 5.74) is 1.36. The molecule has 2 aliphatic heterocycles. The second-order valence-corrected chi connectivity index (χ2v) is 17.6. The van der Waals surface area contributed by atoms with Gasteiger partial charge in [-0.05, 0) is 122 Å². The molecule has 4 N–H and O–H groups in total. The molecule has 3 aliphatic rings. The van der Waals surface area contributed by atoms with Crippen LogP contribution in [0.5, 0.6) is 0 Å². The second-order valence-electron chi connectivity index (χ2n) is 17.2. The number of nitrogens with zero attached hydrogens (tertiary/aromatic N) is 4. The number of hydrogen-bond donors (Lipinski definition) is 4. The molecule has 58 heavy (non-hydrogen) atoms. The Hall–Kier alpha value is -4.20. The highest BCUT2D eigenvalue weighted by Gasteiger charge is 2.45. The lowest BCUT2D eigenvalue weighted by molar-refractivity contribution is -0.129. The first-order valence-electron chi connectivity index (χ1n) is 21.3. The lowest BCUT2D eigenvalue weighted by atomic mass is 9.85. The Kier molecular flexibility index (Phi) is 15.5. The zero-order valence-corrected chi connectivity index (χ0v) is 35.3. The number of benzene rings is 1. The Bertz CT molecular complexity index is 1800. The van der Waals surface area contributed by atoms with Gasteiger partial charge in [0.15, 0.2) is 0 Å². The van der Waals surface area contributed by atoms with E-state index < -0.39 is 17.2 Å². The van der Waals surface area contributed by atoms with E-state index in [9.17, 15) is 14.4 Å². The molecule has 316 valence electrons. The summed E-state index contributed by atoms with van der Waals surface area (Å²) in [5, 5.41) is 10.7. The molecule has 3 aromatic rings. The summed E-state index contributed by atoms with van der Waals surface area (Å²) in [7, 11) is 0. The van der Waals surface area contributed by atoms with Gasteiger partial charge in [-0.15, -0.1) is 0 Å². The maximum Gasteiger partial charge on any atom is 0.408 e. The van der Waals surface area contributed by atoms with E-state index in [0.29, 0.717) is 43.9 Å². The molecule has 14 heteroatoms. The Morgan fingerprint density at radius 1 is 1.00 bits per heavy atom. The molecule has 6 rings (SSSR count). The fraction of sp³-hybridized carbons (Fsp3) is 0.614. The number of carbonyl (C=O) groups excluding carboxylic acids is 3. The third kappa shape index (κ3) is 12.4. The smallest absolute Gasteiger partial charge is 0.408 e. The predicted octanol–water partition coefficient (Wildman–Crippen LogP) is 7.38. The number of H-pyrrole nitrogens is 1. The maximum atomic E-state index is 14.6. The first-order chi connectivity index (χ1) is 28.0. The highest BCUT2D eigenvalue weighted by molar-refractivity contribution is 6.30. The molecule has 0 bridgehead atoms. The summed E-state index contributed by atoms with van der Waals surface area (Å²) >= 11 is 6.31. The Morgan fingerprint density at radius 3 is 2.45 bits per heavy atom. The number of halogens is 1. The van der Waals surface area contributed by atoms with E-state index in [2.05, 4.69) is 46.8 Å². The molecular formula is C44H63ClN8O5. The standard InChI is InChI=1S/C44H63ClN8O5/c1-43(2,3)58-42(56)51-44(21-28-53(29-22-44)40-37-17-24-47-39(37)48-30-49-40)41(55)50-38(33-12-14-34(45)15-13-33)20-27-52-25-18-36(19-26-52)57-35(16-23-46-31-54)11-7-10-32-8-5-4-6-9-32/h10,12-15,17,24,30-31,35-36,38H,4-9,11,16,18-23,25-29H2,1-3H3,(H,46,54)(H,50,55)(H,51,56)(H,47,48,49). The molecule has 2 unspecified atom stereocenters. The minimum Gasteiger partial charge on any atom is -0.444 e. The minimum atomic E-state index is -1.20. The molecule has 0 spiro atoms. The summed E-state index contributed by atoms with van der Waals surface area (Å²) < 4.78 is 12.4. The zero-order valence-electron chi connectivity index (χ0n) is 34.6. The quantitative estimate of drug-likeness (QED) is 0.0621. The average Bonchev–Trinajstić information content (AvgIpc) is 3.70. The molecule has 13 nitrogen and oxygen atoms in total. The number of amides is 3. The molecule has 2 aromatic heterocycles. The number of allylic oxidation sites excluding steroid dienone is 2. The van der Waals surface area contributed by atoms with Gasteiger partial charge in [0.1, 0.15) is 28.9 Å². The molecule has 4 heterocycles. The van der Waals surface area contributed by atoms with E-state index in [4.69, 9.17) is 21.1 Å². The van der Waals surface area contributed by atoms with E-state index in [1.54, 1.807) is 5.57 Å². The van der Waals surface area contributed by atoms with E-state index in [1.807, 2.05) is 57.3 Å². The SMILES string of the molecule is CC(C)(C)OC(=O)NC1(C(=O)NC(CCN2CCC(OC(CCC=C3CCCCC3)CCNC=O)CC2)c2ccc(Cl)cc2)CCN(c2ncnc3[nH]ccc23)CC1. The normalized spacial score (nSPS) is 19.0. The van der Waals surface area contributed by atoms with Crippen molar-refractivity contribution in [3.05, 3.63) is 65.1 Å². The molecule has 2 atom stereocenters. The van der Waals surface area contributed by atoms with Crippen molar-refractivity contribution in [2.45, 2.75) is 134 Å². The topological polar surface area (TPSA) is 154 Å². The van der Waals surface area contributed by atoms with Gasteiger partial charge in [-0.25, -0.2) is 14.8 Å². The highest BCUT2D eigenvalue weighted by atomic mass is 35.5. The van der Waals surface area contributed by atoms with E-state index in [0.717, 1.165) is 80.6 Å². The van der Waals surface area contributed by atoms with Crippen molar-refractivity contribution >= 4 is 46.9 Å². The van der Waals surface area contributed by atoms with Crippen LogP contribution in [0.1, 0.15) is 116 Å². The van der Waals surface area contributed by atoms with Gasteiger partial charge in [0, 0.05) is 50.5 Å². The van der Waals surface area contributed by atoms with Crippen molar-refractivity contribution in [2.24, 2.45) is 0 Å². The van der Waals surface area contributed by atoms with Crippen molar-refractivity contribution in [3.8, 4) is 0 Å². The number of alkyl carbamates (subject to hydrolysis) is 1. The summed E-state index contributed by atoms with van der Waals surface area (Å²) in [6.45, 7) is 9.62. The van der Waals surface area contributed by atoms with Gasteiger partial charge >= 0.3 is 6.09 Å². The molecular weight excluding hydrogens is 756 g/mol. The molecule has 1 saturated carbocycles. The van der Waals surface area contributed by atoms with Crippen LogP contribution in [0.15, 0.2) is 54.5 Å². The number of rotatable bonds is 17. The fourth-order valence-electron chi connectivity index (χ4n) is 8.55. The minimum absolute atomic E-state index is 0.109. The highest BCUT2D eigenvalue weighted by Crippen LogP contribution is 2.32. The van der Waals surface area contributed by atoms with Crippen molar-refractivity contribution in [1.82, 2.24) is 35.8 Å². The van der Waals surface area contributed by atoms with Gasteiger partial charge in [0.05, 0.1) is 23.6 Å². The Labute approximate surface area is 348 Å². The number of nitrogens with one attached hydrogen (secondary N) is 4. The van der Waals surface area contributed by atoms with Gasteiger partial charge in [-0.1, -0.05) is 41.8 Å². The maximum absolute atomic E-state index is 14.6. The number of fused-ring (bicyclic) bond motifs is 1. The van der Waals surface area contributed by atoms with Crippen LogP contribution in [-0.2, 0) is 19.1 Å². The van der Waals surface area contributed by atoms with Crippen LogP contribution < -0.4 is 20.9 Å². The second kappa shape index (κ2) is 20.7.